The minimum Gasteiger partial charge on any atom is -0.501 e. The second kappa shape index (κ2) is 7.77. The van der Waals surface area contributed by atoms with E-state index in [0.29, 0.717) is 6.61 Å². The number of methoxy groups -OCH3 is 1. The van der Waals surface area contributed by atoms with Gasteiger partial charge in [0.05, 0.1) is 20.0 Å². The zero-order chi connectivity index (χ0) is 11.6. The molecule has 1 rings (SSSR count). The van der Waals surface area contributed by atoms with Crippen LogP contribution < -0.4 is 4.74 Å². The highest BCUT2D eigenvalue weighted by Gasteiger charge is 1.90. The van der Waals surface area contributed by atoms with Gasteiger partial charge in [0.25, 0.3) is 0 Å². The maximum atomic E-state index is 8.56. The fourth-order valence-electron chi connectivity index (χ4n) is 1.21. The van der Waals surface area contributed by atoms with E-state index in [4.69, 9.17) is 14.6 Å². The van der Waals surface area contributed by atoms with Gasteiger partial charge in [0, 0.05) is 6.61 Å². The van der Waals surface area contributed by atoms with E-state index in [0.717, 1.165) is 24.2 Å². The molecule has 1 N–H and O–H groups in total. The van der Waals surface area contributed by atoms with E-state index in [1.54, 1.807) is 13.4 Å². The molecule has 0 fully saturated rings. The zero-order valence-corrected chi connectivity index (χ0v) is 9.56. The number of aliphatic hydroxyl groups excluding tert-OH is 1. The Morgan fingerprint density at radius 1 is 1.19 bits per heavy atom. The van der Waals surface area contributed by atoms with Crippen molar-refractivity contribution in [2.75, 3.05) is 20.3 Å². The summed E-state index contributed by atoms with van der Waals surface area (Å²) in [5.74, 6) is 0.848. The van der Waals surface area contributed by atoms with Gasteiger partial charge in [-0.15, -0.1) is 0 Å². The summed E-state index contributed by atoms with van der Waals surface area (Å²) in [7, 11) is 1.65. The molecular weight excluding hydrogens is 204 g/mol. The van der Waals surface area contributed by atoms with Crippen molar-refractivity contribution >= 4 is 6.08 Å². The Morgan fingerprint density at radius 3 is 2.56 bits per heavy atom. The molecule has 0 heterocycles. The zero-order valence-electron chi connectivity index (χ0n) is 9.56. The Balaban J connectivity index is 2.27. The normalized spacial score (nSPS) is 10.6. The van der Waals surface area contributed by atoms with Gasteiger partial charge in [0.1, 0.15) is 5.75 Å². The molecule has 0 atom stereocenters. The molecule has 88 valence electrons. The SMILES string of the molecule is COc1ccc(/C=C/OCCCCO)cc1. The van der Waals surface area contributed by atoms with Crippen LogP contribution in [0.3, 0.4) is 0 Å². The molecule has 0 saturated carbocycles. The number of hydrogen-bond acceptors (Lipinski definition) is 3. The van der Waals surface area contributed by atoms with Gasteiger partial charge in [0.15, 0.2) is 0 Å². The van der Waals surface area contributed by atoms with Crippen molar-refractivity contribution < 1.29 is 14.6 Å². The van der Waals surface area contributed by atoms with E-state index < -0.39 is 0 Å². The molecule has 0 radical (unpaired) electrons. The fourth-order valence-corrected chi connectivity index (χ4v) is 1.21. The minimum absolute atomic E-state index is 0.228. The third-order valence-electron chi connectivity index (χ3n) is 2.14. The predicted octanol–water partition coefficient (Wildman–Crippen LogP) is 2.46. The maximum absolute atomic E-state index is 8.56. The second-order valence-electron chi connectivity index (χ2n) is 3.38. The number of benzene rings is 1. The third kappa shape index (κ3) is 4.84. The van der Waals surface area contributed by atoms with Crippen LogP contribution in [0.25, 0.3) is 6.08 Å². The largest absolute Gasteiger partial charge is 0.501 e. The monoisotopic (exact) mass is 222 g/mol. The number of ether oxygens (including phenoxy) is 2. The molecule has 0 aliphatic carbocycles. The van der Waals surface area contributed by atoms with Gasteiger partial charge in [-0.25, -0.2) is 0 Å². The van der Waals surface area contributed by atoms with Gasteiger partial charge in [-0.3, -0.25) is 0 Å². The molecule has 0 unspecified atom stereocenters. The van der Waals surface area contributed by atoms with Crippen LogP contribution in [-0.2, 0) is 4.74 Å². The first kappa shape index (κ1) is 12.6. The van der Waals surface area contributed by atoms with E-state index in [9.17, 15) is 0 Å². The Labute approximate surface area is 96.3 Å². The van der Waals surface area contributed by atoms with Crippen molar-refractivity contribution in [1.29, 1.82) is 0 Å². The minimum atomic E-state index is 0.228. The first-order chi connectivity index (χ1) is 7.86. The third-order valence-corrected chi connectivity index (χ3v) is 2.14. The molecule has 1 aromatic rings. The van der Waals surface area contributed by atoms with Gasteiger partial charge in [0.2, 0.25) is 0 Å². The van der Waals surface area contributed by atoms with E-state index >= 15 is 0 Å². The fraction of sp³-hybridized carbons (Fsp3) is 0.385. The Hall–Kier alpha value is -1.48. The van der Waals surface area contributed by atoms with Crippen LogP contribution >= 0.6 is 0 Å². The van der Waals surface area contributed by atoms with Crippen LogP contribution in [0.1, 0.15) is 18.4 Å². The van der Waals surface area contributed by atoms with Gasteiger partial charge < -0.3 is 14.6 Å². The number of aliphatic hydroxyl groups is 1. The number of rotatable bonds is 7. The molecule has 0 bridgehead atoms. The van der Waals surface area contributed by atoms with Crippen LogP contribution in [-0.4, -0.2) is 25.4 Å². The van der Waals surface area contributed by atoms with Crippen molar-refractivity contribution in [2.45, 2.75) is 12.8 Å². The van der Waals surface area contributed by atoms with Gasteiger partial charge in [-0.1, -0.05) is 12.1 Å². The molecule has 16 heavy (non-hydrogen) atoms. The first-order valence-corrected chi connectivity index (χ1v) is 5.40. The van der Waals surface area contributed by atoms with Crippen molar-refractivity contribution in [3.8, 4) is 5.75 Å². The highest BCUT2D eigenvalue weighted by atomic mass is 16.5. The lowest BCUT2D eigenvalue weighted by atomic mass is 10.2. The summed E-state index contributed by atoms with van der Waals surface area (Å²) in [4.78, 5) is 0. The van der Waals surface area contributed by atoms with Crippen LogP contribution in [0.4, 0.5) is 0 Å². The molecule has 0 aliphatic rings. The van der Waals surface area contributed by atoms with Gasteiger partial charge in [-0.2, -0.15) is 0 Å². The molecular formula is C13H18O3. The summed E-state index contributed by atoms with van der Waals surface area (Å²) in [5.41, 5.74) is 1.07. The summed E-state index contributed by atoms with van der Waals surface area (Å²) < 4.78 is 10.3. The topological polar surface area (TPSA) is 38.7 Å². The summed E-state index contributed by atoms with van der Waals surface area (Å²) in [6.45, 7) is 0.874. The average Bonchev–Trinajstić information content (AvgIpc) is 2.34. The lowest BCUT2D eigenvalue weighted by molar-refractivity contribution is 0.220. The van der Waals surface area contributed by atoms with Crippen LogP contribution in [0, 0.1) is 0 Å². The smallest absolute Gasteiger partial charge is 0.118 e. The quantitative estimate of drug-likeness (QED) is 0.569. The van der Waals surface area contributed by atoms with Gasteiger partial charge in [-0.05, 0) is 36.6 Å². The molecule has 0 spiro atoms. The standard InChI is InChI=1S/C13H18O3/c1-15-13-6-4-12(5-7-13)8-11-16-10-3-2-9-14/h4-8,11,14H,2-3,9-10H2,1H3/b11-8+. The molecule has 0 aliphatic heterocycles. The van der Waals surface area contributed by atoms with Gasteiger partial charge >= 0.3 is 0 Å². The Bertz CT molecular complexity index is 303. The molecule has 0 saturated heterocycles. The van der Waals surface area contributed by atoms with E-state index in [1.807, 2.05) is 30.3 Å². The summed E-state index contributed by atoms with van der Waals surface area (Å²) in [6, 6.07) is 7.75. The summed E-state index contributed by atoms with van der Waals surface area (Å²) in [6.07, 6.45) is 5.25. The van der Waals surface area contributed by atoms with Crippen molar-refractivity contribution in [3.63, 3.8) is 0 Å². The summed E-state index contributed by atoms with van der Waals surface area (Å²) in [5, 5.41) is 8.56. The lowest BCUT2D eigenvalue weighted by Crippen LogP contribution is -1.90. The van der Waals surface area contributed by atoms with E-state index in [-0.39, 0.29) is 6.61 Å². The Morgan fingerprint density at radius 2 is 1.94 bits per heavy atom. The molecule has 1 aromatic carbocycles. The number of hydrogen-bond donors (Lipinski definition) is 1. The summed E-state index contributed by atoms with van der Waals surface area (Å²) >= 11 is 0. The molecule has 0 aromatic heterocycles. The number of unbranched alkanes of at least 4 members (excludes halogenated alkanes) is 1. The second-order valence-corrected chi connectivity index (χ2v) is 3.38. The van der Waals surface area contributed by atoms with E-state index in [2.05, 4.69) is 0 Å². The first-order valence-electron chi connectivity index (χ1n) is 5.40. The van der Waals surface area contributed by atoms with Crippen LogP contribution in [0.2, 0.25) is 0 Å². The molecule has 3 heteroatoms. The highest BCUT2D eigenvalue weighted by Crippen LogP contribution is 2.12. The van der Waals surface area contributed by atoms with Crippen LogP contribution in [0.15, 0.2) is 30.5 Å². The maximum Gasteiger partial charge on any atom is 0.118 e. The predicted molar refractivity (Wildman–Crippen MR) is 64.3 cm³/mol. The lowest BCUT2D eigenvalue weighted by Gasteiger charge is -2.00. The van der Waals surface area contributed by atoms with E-state index in [1.165, 1.54) is 0 Å². The molecule has 0 amide bonds. The molecule has 3 nitrogen and oxygen atoms in total. The van der Waals surface area contributed by atoms with Crippen molar-refractivity contribution in [3.05, 3.63) is 36.1 Å². The van der Waals surface area contributed by atoms with Crippen molar-refractivity contribution in [2.24, 2.45) is 0 Å². The highest BCUT2D eigenvalue weighted by molar-refractivity contribution is 5.49. The van der Waals surface area contributed by atoms with Crippen LogP contribution in [0.5, 0.6) is 5.75 Å². The Kier molecular flexibility index (Phi) is 6.11. The van der Waals surface area contributed by atoms with Crippen molar-refractivity contribution in [1.82, 2.24) is 0 Å². The average molecular weight is 222 g/mol.